The number of fused-ring (bicyclic) bond motifs is 1. The van der Waals surface area contributed by atoms with Crippen LogP contribution in [-0.4, -0.2) is 27.5 Å². The number of aliphatic hydroxyl groups excluding tert-OH is 2. The van der Waals surface area contributed by atoms with Crippen LogP contribution >= 0.6 is 0 Å². The van der Waals surface area contributed by atoms with Crippen molar-refractivity contribution in [2.45, 2.75) is 12.6 Å². The molecule has 0 aliphatic heterocycles. The summed E-state index contributed by atoms with van der Waals surface area (Å²) in [6.07, 6.45) is 0.725. The zero-order valence-electron chi connectivity index (χ0n) is 8.71. The molecule has 0 spiro atoms. The fourth-order valence-corrected chi connectivity index (χ4v) is 1.66. The minimum Gasteiger partial charge on any atom is -0.394 e. The zero-order valence-corrected chi connectivity index (χ0v) is 8.71. The van der Waals surface area contributed by atoms with Crippen LogP contribution in [0.5, 0.6) is 0 Å². The molecule has 4 heteroatoms. The first-order chi connectivity index (χ1) is 7.72. The highest BCUT2D eigenvalue weighted by atomic mass is 16.3. The van der Waals surface area contributed by atoms with Gasteiger partial charge in [-0.3, -0.25) is 4.79 Å². The second-order valence-electron chi connectivity index (χ2n) is 3.70. The van der Waals surface area contributed by atoms with E-state index in [1.54, 1.807) is 18.3 Å². The second kappa shape index (κ2) is 4.47. The fourth-order valence-electron chi connectivity index (χ4n) is 1.66. The SMILES string of the molecule is O=c1c2ccccc2ccn1CC(O)CO. The molecule has 0 saturated heterocycles. The monoisotopic (exact) mass is 219 g/mol. The van der Waals surface area contributed by atoms with Crippen LogP contribution in [0.3, 0.4) is 0 Å². The van der Waals surface area contributed by atoms with Gasteiger partial charge in [0.15, 0.2) is 0 Å². The molecule has 0 saturated carbocycles. The van der Waals surface area contributed by atoms with Crippen LogP contribution in [-0.2, 0) is 6.54 Å². The summed E-state index contributed by atoms with van der Waals surface area (Å²) in [5, 5.41) is 19.5. The van der Waals surface area contributed by atoms with Crippen molar-refractivity contribution in [2.24, 2.45) is 0 Å². The Morgan fingerprint density at radius 3 is 2.75 bits per heavy atom. The molecule has 1 aromatic carbocycles. The molecule has 1 heterocycles. The van der Waals surface area contributed by atoms with E-state index in [1.807, 2.05) is 18.2 Å². The quantitative estimate of drug-likeness (QED) is 0.783. The molecule has 2 rings (SSSR count). The van der Waals surface area contributed by atoms with Gasteiger partial charge in [-0.2, -0.15) is 0 Å². The highest BCUT2D eigenvalue weighted by Gasteiger charge is 2.06. The zero-order chi connectivity index (χ0) is 11.5. The topological polar surface area (TPSA) is 62.5 Å². The van der Waals surface area contributed by atoms with Gasteiger partial charge in [0.05, 0.1) is 19.3 Å². The molecule has 0 aliphatic carbocycles. The summed E-state index contributed by atoms with van der Waals surface area (Å²) in [5.74, 6) is 0. The van der Waals surface area contributed by atoms with Crippen molar-refractivity contribution in [1.82, 2.24) is 4.57 Å². The number of hydrogen-bond donors (Lipinski definition) is 2. The van der Waals surface area contributed by atoms with E-state index in [2.05, 4.69) is 0 Å². The third-order valence-electron chi connectivity index (χ3n) is 2.50. The van der Waals surface area contributed by atoms with Crippen molar-refractivity contribution in [1.29, 1.82) is 0 Å². The van der Waals surface area contributed by atoms with E-state index in [4.69, 9.17) is 5.11 Å². The van der Waals surface area contributed by atoms with E-state index in [0.29, 0.717) is 5.39 Å². The Morgan fingerprint density at radius 2 is 2.00 bits per heavy atom. The molecule has 2 N–H and O–H groups in total. The number of benzene rings is 1. The fraction of sp³-hybridized carbons (Fsp3) is 0.250. The van der Waals surface area contributed by atoms with Gasteiger partial charge in [-0.15, -0.1) is 0 Å². The molecule has 0 radical (unpaired) electrons. The minimum atomic E-state index is -0.904. The standard InChI is InChI=1S/C12H13NO3/c14-8-10(15)7-13-6-5-9-3-1-2-4-11(9)12(13)16/h1-6,10,14-15H,7-8H2. The Bertz CT molecular complexity index is 547. The van der Waals surface area contributed by atoms with Crippen molar-refractivity contribution < 1.29 is 10.2 Å². The Hall–Kier alpha value is -1.65. The van der Waals surface area contributed by atoms with Gasteiger partial charge in [-0.05, 0) is 17.5 Å². The van der Waals surface area contributed by atoms with Crippen molar-refractivity contribution in [3.05, 3.63) is 46.9 Å². The summed E-state index contributed by atoms with van der Waals surface area (Å²) >= 11 is 0. The minimum absolute atomic E-state index is 0.111. The Labute approximate surface area is 92.4 Å². The van der Waals surface area contributed by atoms with Crippen LogP contribution in [0.15, 0.2) is 41.3 Å². The maximum absolute atomic E-state index is 12.0. The van der Waals surface area contributed by atoms with Crippen molar-refractivity contribution in [2.75, 3.05) is 6.61 Å². The number of hydrogen-bond acceptors (Lipinski definition) is 3. The molecule has 84 valence electrons. The summed E-state index contributed by atoms with van der Waals surface area (Å²) in [6, 6.07) is 9.11. The van der Waals surface area contributed by atoms with Crippen LogP contribution < -0.4 is 5.56 Å². The molecule has 1 unspecified atom stereocenters. The van der Waals surface area contributed by atoms with Gasteiger partial charge in [-0.1, -0.05) is 18.2 Å². The summed E-state index contributed by atoms with van der Waals surface area (Å²) < 4.78 is 1.41. The second-order valence-corrected chi connectivity index (χ2v) is 3.70. The summed E-state index contributed by atoms with van der Waals surface area (Å²) in [7, 11) is 0. The number of aromatic nitrogens is 1. The van der Waals surface area contributed by atoms with Gasteiger partial charge in [0.2, 0.25) is 0 Å². The Balaban J connectivity index is 2.49. The normalized spacial score (nSPS) is 12.9. The van der Waals surface area contributed by atoms with Gasteiger partial charge in [-0.25, -0.2) is 0 Å². The van der Waals surface area contributed by atoms with E-state index >= 15 is 0 Å². The molecule has 4 nitrogen and oxygen atoms in total. The van der Waals surface area contributed by atoms with Gasteiger partial charge >= 0.3 is 0 Å². The van der Waals surface area contributed by atoms with Gasteiger partial charge in [0.25, 0.3) is 5.56 Å². The van der Waals surface area contributed by atoms with Gasteiger partial charge in [0.1, 0.15) is 0 Å². The molecule has 0 bridgehead atoms. The molecule has 2 aromatic rings. The van der Waals surface area contributed by atoms with E-state index in [9.17, 15) is 9.90 Å². The number of rotatable bonds is 3. The van der Waals surface area contributed by atoms with Crippen molar-refractivity contribution >= 4 is 10.8 Å². The van der Waals surface area contributed by atoms with E-state index in [-0.39, 0.29) is 18.7 Å². The maximum atomic E-state index is 12.0. The lowest BCUT2D eigenvalue weighted by molar-refractivity contribution is 0.0805. The predicted octanol–water partition coefficient (Wildman–Crippen LogP) is 0.355. The third-order valence-corrected chi connectivity index (χ3v) is 2.50. The molecular formula is C12H13NO3. The smallest absolute Gasteiger partial charge is 0.258 e. The molecule has 0 aliphatic rings. The van der Waals surface area contributed by atoms with Crippen LogP contribution in [0.25, 0.3) is 10.8 Å². The lowest BCUT2D eigenvalue weighted by atomic mass is 10.2. The first-order valence-corrected chi connectivity index (χ1v) is 5.09. The first kappa shape index (κ1) is 10.9. The molecule has 1 atom stereocenters. The molecule has 0 amide bonds. The molecule has 16 heavy (non-hydrogen) atoms. The maximum Gasteiger partial charge on any atom is 0.258 e. The molecule has 1 aromatic heterocycles. The lowest BCUT2D eigenvalue weighted by Gasteiger charge is -2.10. The number of nitrogens with zero attached hydrogens (tertiary/aromatic N) is 1. The van der Waals surface area contributed by atoms with Gasteiger partial charge in [0, 0.05) is 11.6 Å². The lowest BCUT2D eigenvalue weighted by Crippen LogP contribution is -2.28. The van der Waals surface area contributed by atoms with Crippen LogP contribution in [0, 0.1) is 0 Å². The van der Waals surface area contributed by atoms with Crippen LogP contribution in [0.1, 0.15) is 0 Å². The van der Waals surface area contributed by atoms with Crippen LogP contribution in [0.2, 0.25) is 0 Å². The largest absolute Gasteiger partial charge is 0.394 e. The molecular weight excluding hydrogens is 206 g/mol. The van der Waals surface area contributed by atoms with E-state index in [0.717, 1.165) is 5.39 Å². The third kappa shape index (κ3) is 1.98. The number of pyridine rings is 1. The van der Waals surface area contributed by atoms with E-state index < -0.39 is 6.10 Å². The van der Waals surface area contributed by atoms with Crippen molar-refractivity contribution in [3.63, 3.8) is 0 Å². The van der Waals surface area contributed by atoms with Crippen molar-refractivity contribution in [3.8, 4) is 0 Å². The highest BCUT2D eigenvalue weighted by molar-refractivity contribution is 5.81. The van der Waals surface area contributed by atoms with Crippen LogP contribution in [0.4, 0.5) is 0 Å². The predicted molar refractivity (Wildman–Crippen MR) is 61.3 cm³/mol. The number of aliphatic hydroxyl groups is 2. The highest BCUT2D eigenvalue weighted by Crippen LogP contribution is 2.08. The Morgan fingerprint density at radius 1 is 1.25 bits per heavy atom. The van der Waals surface area contributed by atoms with Gasteiger partial charge < -0.3 is 14.8 Å². The Kier molecular flexibility index (Phi) is 3.03. The summed E-state index contributed by atoms with van der Waals surface area (Å²) in [6.45, 7) is -0.237. The molecule has 0 fully saturated rings. The average Bonchev–Trinajstić information content (AvgIpc) is 2.33. The average molecular weight is 219 g/mol. The summed E-state index contributed by atoms with van der Waals surface area (Å²) in [4.78, 5) is 12.0. The summed E-state index contributed by atoms with van der Waals surface area (Å²) in [5.41, 5.74) is -0.148. The van der Waals surface area contributed by atoms with E-state index in [1.165, 1.54) is 4.57 Å². The first-order valence-electron chi connectivity index (χ1n) is 5.09.